The molecule has 5 nitrogen and oxygen atoms in total. The maximum absolute atomic E-state index is 5.19. The summed E-state index contributed by atoms with van der Waals surface area (Å²) in [7, 11) is 3.70. The molecule has 3 rings (SSSR count). The van der Waals surface area contributed by atoms with E-state index in [0.29, 0.717) is 0 Å². The number of nitrogens with zero attached hydrogens (tertiary/aromatic N) is 3. The van der Waals surface area contributed by atoms with Gasteiger partial charge in [-0.05, 0) is 37.4 Å². The Balaban J connectivity index is 1.90. The summed E-state index contributed by atoms with van der Waals surface area (Å²) in [5, 5.41) is 3.25. The van der Waals surface area contributed by atoms with Crippen molar-refractivity contribution in [1.29, 1.82) is 0 Å². The lowest BCUT2D eigenvalue weighted by atomic mass is 10.0. The van der Waals surface area contributed by atoms with Gasteiger partial charge in [-0.15, -0.1) is 0 Å². The van der Waals surface area contributed by atoms with Crippen LogP contribution in [-0.2, 0) is 0 Å². The highest BCUT2D eigenvalue weighted by atomic mass is 16.5. The van der Waals surface area contributed by atoms with Gasteiger partial charge in [0.2, 0.25) is 0 Å². The van der Waals surface area contributed by atoms with Crippen LogP contribution in [0.2, 0.25) is 0 Å². The second-order valence-corrected chi connectivity index (χ2v) is 4.90. The van der Waals surface area contributed by atoms with Crippen LogP contribution in [0.3, 0.4) is 0 Å². The molecule has 2 aliphatic rings. The number of benzene rings is 1. The first-order valence-electron chi connectivity index (χ1n) is 6.62. The maximum Gasteiger partial charge on any atom is 0.133 e. The normalized spacial score (nSPS) is 23.6. The van der Waals surface area contributed by atoms with Crippen molar-refractivity contribution in [3.8, 4) is 5.75 Å². The Morgan fingerprint density at radius 3 is 2.70 bits per heavy atom. The van der Waals surface area contributed by atoms with Crippen molar-refractivity contribution < 1.29 is 4.74 Å². The highest BCUT2D eigenvalue weighted by Gasteiger charge is 2.32. The number of aliphatic imine (C=N–C) groups is 2. The van der Waals surface area contributed by atoms with Crippen molar-refractivity contribution >= 4 is 17.4 Å². The minimum Gasteiger partial charge on any atom is -0.497 e. The average molecular weight is 270 g/mol. The van der Waals surface area contributed by atoms with Gasteiger partial charge in [0.15, 0.2) is 0 Å². The molecule has 0 spiro atoms. The fourth-order valence-corrected chi connectivity index (χ4v) is 2.52. The van der Waals surface area contributed by atoms with Gasteiger partial charge in [0.05, 0.1) is 13.0 Å². The molecular weight excluding hydrogens is 252 g/mol. The fraction of sp³-hybridized carbons (Fsp3) is 0.333. The van der Waals surface area contributed by atoms with E-state index in [9.17, 15) is 0 Å². The van der Waals surface area contributed by atoms with E-state index >= 15 is 0 Å². The minimum absolute atomic E-state index is 0.0724. The Labute approximate surface area is 118 Å². The van der Waals surface area contributed by atoms with Crippen LogP contribution >= 0.6 is 0 Å². The zero-order valence-electron chi connectivity index (χ0n) is 11.9. The van der Waals surface area contributed by atoms with Crippen molar-refractivity contribution in [2.75, 3.05) is 19.1 Å². The molecule has 0 fully saturated rings. The van der Waals surface area contributed by atoms with Gasteiger partial charge in [-0.2, -0.15) is 0 Å². The number of hydrogen-bond donors (Lipinski definition) is 1. The lowest BCUT2D eigenvalue weighted by Gasteiger charge is -2.30. The minimum atomic E-state index is 0.0724. The summed E-state index contributed by atoms with van der Waals surface area (Å²) in [4.78, 5) is 11.2. The summed E-state index contributed by atoms with van der Waals surface area (Å²) in [6.45, 7) is 1.93. The number of nitrogens with one attached hydrogen (secondary N) is 1. The van der Waals surface area contributed by atoms with Crippen LogP contribution < -0.4 is 15.0 Å². The number of ether oxygens (including phenoxy) is 1. The van der Waals surface area contributed by atoms with E-state index in [4.69, 9.17) is 4.74 Å². The molecule has 1 N–H and O–H groups in total. The summed E-state index contributed by atoms with van der Waals surface area (Å²) in [5.74, 6) is 2.85. The van der Waals surface area contributed by atoms with Crippen molar-refractivity contribution in [2.24, 2.45) is 15.9 Å². The number of fused-ring (bicyclic) bond motifs is 1. The van der Waals surface area contributed by atoms with Crippen molar-refractivity contribution in [1.82, 2.24) is 5.32 Å². The lowest BCUT2D eigenvalue weighted by Crippen LogP contribution is -2.42. The first kappa shape index (κ1) is 12.7. The Hall–Kier alpha value is -2.30. The van der Waals surface area contributed by atoms with E-state index in [1.165, 1.54) is 0 Å². The molecule has 1 aromatic rings. The predicted molar refractivity (Wildman–Crippen MR) is 81.5 cm³/mol. The summed E-state index contributed by atoms with van der Waals surface area (Å²) in [6, 6.07) is 7.97. The van der Waals surface area contributed by atoms with E-state index in [2.05, 4.69) is 26.3 Å². The molecule has 0 saturated carbocycles. The molecular formula is C15H18N4O. The molecule has 0 radical (unpaired) electrons. The molecule has 0 amide bonds. The summed E-state index contributed by atoms with van der Waals surface area (Å²) in [6.07, 6.45) is 4.14. The third kappa shape index (κ3) is 2.15. The Morgan fingerprint density at radius 1 is 1.25 bits per heavy atom. The van der Waals surface area contributed by atoms with Crippen LogP contribution in [0.15, 0.2) is 46.5 Å². The third-order valence-corrected chi connectivity index (χ3v) is 3.61. The molecule has 0 aliphatic carbocycles. The van der Waals surface area contributed by atoms with Gasteiger partial charge in [-0.25, -0.2) is 9.98 Å². The number of anilines is 1. The van der Waals surface area contributed by atoms with E-state index in [-0.39, 0.29) is 12.1 Å². The SMILES string of the molecule is COc1ccc(N(C)C2=NC(C)=NC3NC=CC23)cc1. The molecule has 0 saturated heterocycles. The highest BCUT2D eigenvalue weighted by Crippen LogP contribution is 2.26. The van der Waals surface area contributed by atoms with Gasteiger partial charge in [-0.1, -0.05) is 6.08 Å². The third-order valence-electron chi connectivity index (χ3n) is 3.61. The van der Waals surface area contributed by atoms with Gasteiger partial charge in [0.1, 0.15) is 23.6 Å². The molecule has 104 valence electrons. The van der Waals surface area contributed by atoms with Crippen molar-refractivity contribution in [3.63, 3.8) is 0 Å². The van der Waals surface area contributed by atoms with Crippen molar-refractivity contribution in [3.05, 3.63) is 36.5 Å². The largest absolute Gasteiger partial charge is 0.497 e. The van der Waals surface area contributed by atoms with Gasteiger partial charge >= 0.3 is 0 Å². The quantitative estimate of drug-likeness (QED) is 0.894. The Bertz CT molecular complexity index is 588. The molecule has 0 bridgehead atoms. The van der Waals surface area contributed by atoms with Gasteiger partial charge in [0, 0.05) is 12.7 Å². The number of rotatable bonds is 2. The van der Waals surface area contributed by atoms with Gasteiger partial charge in [0.25, 0.3) is 0 Å². The van der Waals surface area contributed by atoms with Crippen LogP contribution in [0, 0.1) is 5.92 Å². The first-order chi connectivity index (χ1) is 9.69. The summed E-state index contributed by atoms with van der Waals surface area (Å²) >= 11 is 0. The smallest absolute Gasteiger partial charge is 0.133 e. The van der Waals surface area contributed by atoms with Crippen LogP contribution in [0.1, 0.15) is 6.92 Å². The van der Waals surface area contributed by atoms with Gasteiger partial charge < -0.3 is 15.0 Å². The second-order valence-electron chi connectivity index (χ2n) is 4.90. The molecule has 5 heteroatoms. The number of amidine groups is 2. The second kappa shape index (κ2) is 5.00. The van der Waals surface area contributed by atoms with Crippen LogP contribution in [-0.4, -0.2) is 32.0 Å². The first-order valence-corrected chi connectivity index (χ1v) is 6.62. The fourth-order valence-electron chi connectivity index (χ4n) is 2.52. The predicted octanol–water partition coefficient (Wildman–Crippen LogP) is 2.02. The number of hydrogen-bond acceptors (Lipinski definition) is 5. The maximum atomic E-state index is 5.19. The molecule has 20 heavy (non-hydrogen) atoms. The van der Waals surface area contributed by atoms with E-state index in [1.807, 2.05) is 44.4 Å². The molecule has 2 heterocycles. The Morgan fingerprint density at radius 2 is 2.00 bits per heavy atom. The van der Waals surface area contributed by atoms with E-state index < -0.39 is 0 Å². The average Bonchev–Trinajstić information content (AvgIpc) is 2.94. The zero-order valence-corrected chi connectivity index (χ0v) is 11.9. The van der Waals surface area contributed by atoms with Crippen LogP contribution in [0.25, 0.3) is 0 Å². The van der Waals surface area contributed by atoms with Crippen LogP contribution in [0.5, 0.6) is 5.75 Å². The number of methoxy groups -OCH3 is 1. The molecule has 2 atom stereocenters. The van der Waals surface area contributed by atoms with Gasteiger partial charge in [-0.3, -0.25) is 0 Å². The molecule has 2 aliphatic heterocycles. The summed E-state index contributed by atoms with van der Waals surface area (Å²) in [5.41, 5.74) is 1.08. The molecule has 2 unspecified atom stereocenters. The highest BCUT2D eigenvalue weighted by molar-refractivity contribution is 6.08. The Kier molecular flexibility index (Phi) is 3.18. The van der Waals surface area contributed by atoms with Crippen molar-refractivity contribution in [2.45, 2.75) is 13.1 Å². The molecule has 1 aromatic carbocycles. The van der Waals surface area contributed by atoms with E-state index in [0.717, 1.165) is 23.1 Å². The summed E-state index contributed by atoms with van der Waals surface area (Å²) < 4.78 is 5.19. The molecule has 0 aromatic heterocycles. The zero-order chi connectivity index (χ0) is 14.1. The monoisotopic (exact) mass is 270 g/mol. The standard InChI is InChI=1S/C15H18N4O/c1-10-17-14-13(8-9-16-14)15(18-10)19(2)11-4-6-12(20-3)7-5-11/h4-9,13-14,16H,1-3H3. The van der Waals surface area contributed by atoms with Crippen LogP contribution in [0.4, 0.5) is 5.69 Å². The van der Waals surface area contributed by atoms with E-state index in [1.54, 1.807) is 7.11 Å². The lowest BCUT2D eigenvalue weighted by molar-refractivity contribution is 0.415. The topological polar surface area (TPSA) is 49.2 Å².